The lowest BCUT2D eigenvalue weighted by Crippen LogP contribution is -2.12. The van der Waals surface area contributed by atoms with Gasteiger partial charge in [0.05, 0.1) is 5.52 Å². The molecule has 1 amide bonds. The van der Waals surface area contributed by atoms with E-state index in [0.717, 1.165) is 16.9 Å². The van der Waals surface area contributed by atoms with Gasteiger partial charge < -0.3 is 16.0 Å². The Bertz CT molecular complexity index is 1520. The number of hydrogen-bond donors (Lipinski definition) is 3. The number of aryl methyl sites for hydroxylation is 1. The Balaban J connectivity index is 1.34. The van der Waals surface area contributed by atoms with E-state index in [1.165, 1.54) is 12.1 Å². The summed E-state index contributed by atoms with van der Waals surface area (Å²) >= 11 is 0. The fourth-order valence-corrected chi connectivity index (χ4v) is 3.75. The molecule has 5 aromatic rings. The van der Waals surface area contributed by atoms with Crippen LogP contribution in [0.2, 0.25) is 0 Å². The molecule has 0 aliphatic rings. The van der Waals surface area contributed by atoms with Crippen LogP contribution >= 0.6 is 0 Å². The quantitative estimate of drug-likeness (QED) is 0.258. The Morgan fingerprint density at radius 2 is 1.60 bits per heavy atom. The zero-order valence-electron chi connectivity index (χ0n) is 18.9. The molecule has 6 nitrogen and oxygen atoms in total. The number of nitrogens with one attached hydrogen (secondary N) is 3. The van der Waals surface area contributed by atoms with E-state index in [1.807, 2.05) is 43.3 Å². The molecule has 0 bridgehead atoms. The Labute approximate surface area is 201 Å². The van der Waals surface area contributed by atoms with Gasteiger partial charge in [-0.1, -0.05) is 12.1 Å². The van der Waals surface area contributed by atoms with E-state index >= 15 is 0 Å². The van der Waals surface area contributed by atoms with E-state index in [4.69, 9.17) is 0 Å². The lowest BCUT2D eigenvalue weighted by molar-refractivity contribution is 0.102. The van der Waals surface area contributed by atoms with Crippen molar-refractivity contribution in [3.8, 4) is 0 Å². The summed E-state index contributed by atoms with van der Waals surface area (Å²) in [6.07, 6.45) is 5.10. The first kappa shape index (κ1) is 22.0. The van der Waals surface area contributed by atoms with Gasteiger partial charge >= 0.3 is 0 Å². The molecule has 0 aliphatic carbocycles. The SMILES string of the molecule is Cc1ccc(NC(=O)c2cccc(Nc3ccnc4ccc(F)cc34)c2)cc1Nc1ccncc1. The van der Waals surface area contributed by atoms with Crippen LogP contribution in [0.4, 0.5) is 32.8 Å². The van der Waals surface area contributed by atoms with Crippen molar-refractivity contribution in [2.75, 3.05) is 16.0 Å². The third-order valence-electron chi connectivity index (χ3n) is 5.56. The highest BCUT2D eigenvalue weighted by Gasteiger charge is 2.10. The number of aromatic nitrogens is 2. The summed E-state index contributed by atoms with van der Waals surface area (Å²) < 4.78 is 13.8. The van der Waals surface area contributed by atoms with Gasteiger partial charge in [-0.15, -0.1) is 0 Å². The second kappa shape index (κ2) is 9.61. The Morgan fingerprint density at radius 1 is 0.771 bits per heavy atom. The highest BCUT2D eigenvalue weighted by molar-refractivity contribution is 6.05. The first-order valence-corrected chi connectivity index (χ1v) is 11.1. The molecule has 0 unspecified atom stereocenters. The number of anilines is 5. The van der Waals surface area contributed by atoms with E-state index in [0.29, 0.717) is 33.5 Å². The van der Waals surface area contributed by atoms with E-state index in [9.17, 15) is 9.18 Å². The van der Waals surface area contributed by atoms with E-state index in [1.54, 1.807) is 48.9 Å². The minimum absolute atomic E-state index is 0.238. The third kappa shape index (κ3) is 5.09. The van der Waals surface area contributed by atoms with Gasteiger partial charge in [-0.25, -0.2) is 4.39 Å². The molecule has 0 atom stereocenters. The lowest BCUT2D eigenvalue weighted by Gasteiger charge is -2.13. The van der Waals surface area contributed by atoms with Gasteiger partial charge in [0, 0.05) is 58.0 Å². The molecular weight excluding hydrogens is 441 g/mol. The highest BCUT2D eigenvalue weighted by Crippen LogP contribution is 2.27. The average Bonchev–Trinajstić information content (AvgIpc) is 2.87. The van der Waals surface area contributed by atoms with E-state index < -0.39 is 0 Å². The smallest absolute Gasteiger partial charge is 0.255 e. The molecule has 35 heavy (non-hydrogen) atoms. The monoisotopic (exact) mass is 463 g/mol. The van der Waals surface area contributed by atoms with Crippen molar-refractivity contribution in [1.29, 1.82) is 0 Å². The number of carbonyl (C=O) groups is 1. The van der Waals surface area contributed by atoms with Crippen LogP contribution in [-0.4, -0.2) is 15.9 Å². The highest BCUT2D eigenvalue weighted by atomic mass is 19.1. The number of nitrogens with zero attached hydrogens (tertiary/aromatic N) is 2. The largest absolute Gasteiger partial charge is 0.355 e. The molecular formula is C28H22FN5O. The molecule has 172 valence electrons. The van der Waals surface area contributed by atoms with Crippen LogP contribution in [0.3, 0.4) is 0 Å². The van der Waals surface area contributed by atoms with Crippen molar-refractivity contribution in [2.24, 2.45) is 0 Å². The molecule has 3 aromatic carbocycles. The topological polar surface area (TPSA) is 78.9 Å². The molecule has 2 aromatic heterocycles. The number of pyridine rings is 2. The summed E-state index contributed by atoms with van der Waals surface area (Å²) in [7, 11) is 0. The summed E-state index contributed by atoms with van der Waals surface area (Å²) in [6, 6.07) is 22.9. The Kier molecular flexibility index (Phi) is 6.05. The van der Waals surface area contributed by atoms with Crippen LogP contribution in [0.15, 0.2) is 97.5 Å². The van der Waals surface area contributed by atoms with Gasteiger partial charge in [-0.2, -0.15) is 0 Å². The number of halogens is 1. The number of carbonyl (C=O) groups excluding carboxylic acids is 1. The van der Waals surface area contributed by atoms with Gasteiger partial charge in [-0.05, 0) is 79.2 Å². The second-order valence-electron chi connectivity index (χ2n) is 8.07. The number of fused-ring (bicyclic) bond motifs is 1. The van der Waals surface area contributed by atoms with Crippen molar-refractivity contribution in [3.05, 3.63) is 114 Å². The van der Waals surface area contributed by atoms with Crippen molar-refractivity contribution in [1.82, 2.24) is 9.97 Å². The molecule has 0 aliphatic heterocycles. The standard InChI is InChI=1S/C28H22FN5O/c1-18-5-7-23(17-27(18)32-21-9-12-30-13-10-21)34-28(35)19-3-2-4-22(15-19)33-26-11-14-31-25-8-6-20(29)16-24(25)26/h2-17H,1H3,(H,30,32)(H,31,33)(H,34,35). The summed E-state index contributed by atoms with van der Waals surface area (Å²) in [6.45, 7) is 2.00. The first-order chi connectivity index (χ1) is 17.0. The van der Waals surface area contributed by atoms with Crippen LogP contribution < -0.4 is 16.0 Å². The summed E-state index contributed by atoms with van der Waals surface area (Å²) in [4.78, 5) is 21.3. The minimum Gasteiger partial charge on any atom is -0.355 e. The van der Waals surface area contributed by atoms with Crippen LogP contribution in [-0.2, 0) is 0 Å². The fourth-order valence-electron chi connectivity index (χ4n) is 3.75. The number of amides is 1. The molecule has 0 saturated carbocycles. The van der Waals surface area contributed by atoms with Crippen LogP contribution in [0.25, 0.3) is 10.9 Å². The summed E-state index contributed by atoms with van der Waals surface area (Å²) in [5, 5.41) is 10.2. The van der Waals surface area contributed by atoms with Crippen molar-refractivity contribution >= 4 is 45.2 Å². The predicted octanol–water partition coefficient (Wildman–Crippen LogP) is 6.82. The normalized spacial score (nSPS) is 10.7. The lowest BCUT2D eigenvalue weighted by atomic mass is 10.1. The summed E-state index contributed by atoms with van der Waals surface area (Å²) in [5.74, 6) is -0.574. The predicted molar refractivity (Wildman–Crippen MR) is 138 cm³/mol. The number of hydrogen-bond acceptors (Lipinski definition) is 5. The molecule has 0 radical (unpaired) electrons. The summed E-state index contributed by atoms with van der Waals surface area (Å²) in [5.41, 5.74) is 6.11. The Hall–Kier alpha value is -4.78. The fraction of sp³-hybridized carbons (Fsp3) is 0.0357. The molecule has 2 heterocycles. The van der Waals surface area contributed by atoms with Gasteiger partial charge in [0.2, 0.25) is 0 Å². The second-order valence-corrected chi connectivity index (χ2v) is 8.07. The maximum Gasteiger partial charge on any atom is 0.255 e. The molecule has 0 spiro atoms. The van der Waals surface area contributed by atoms with Crippen LogP contribution in [0.1, 0.15) is 15.9 Å². The maximum atomic E-state index is 13.8. The molecule has 3 N–H and O–H groups in total. The minimum atomic E-state index is -0.336. The van der Waals surface area contributed by atoms with Crippen LogP contribution in [0, 0.1) is 12.7 Å². The zero-order chi connectivity index (χ0) is 24.2. The average molecular weight is 464 g/mol. The molecule has 7 heteroatoms. The van der Waals surface area contributed by atoms with E-state index in [2.05, 4.69) is 25.9 Å². The van der Waals surface area contributed by atoms with Gasteiger partial charge in [0.1, 0.15) is 5.82 Å². The van der Waals surface area contributed by atoms with E-state index in [-0.39, 0.29) is 11.7 Å². The van der Waals surface area contributed by atoms with Gasteiger partial charge in [-0.3, -0.25) is 14.8 Å². The molecule has 0 saturated heterocycles. The Morgan fingerprint density at radius 3 is 2.46 bits per heavy atom. The maximum absolute atomic E-state index is 13.8. The zero-order valence-corrected chi connectivity index (χ0v) is 18.9. The molecule has 5 rings (SSSR count). The van der Waals surface area contributed by atoms with Crippen molar-refractivity contribution < 1.29 is 9.18 Å². The molecule has 0 fully saturated rings. The third-order valence-corrected chi connectivity index (χ3v) is 5.56. The van der Waals surface area contributed by atoms with Crippen molar-refractivity contribution in [3.63, 3.8) is 0 Å². The van der Waals surface area contributed by atoms with Gasteiger partial charge in [0.25, 0.3) is 5.91 Å². The number of benzene rings is 3. The van der Waals surface area contributed by atoms with Crippen LogP contribution in [0.5, 0.6) is 0 Å². The van der Waals surface area contributed by atoms with Crippen molar-refractivity contribution in [2.45, 2.75) is 6.92 Å². The number of rotatable bonds is 6. The first-order valence-electron chi connectivity index (χ1n) is 11.1. The van der Waals surface area contributed by atoms with Gasteiger partial charge in [0.15, 0.2) is 0 Å².